The number of sulfonamides is 1. The molecule has 1 aromatic carbocycles. The first-order chi connectivity index (χ1) is 11.3. The highest BCUT2D eigenvalue weighted by Gasteiger charge is 2.28. The van der Waals surface area contributed by atoms with Gasteiger partial charge in [-0.2, -0.15) is 0 Å². The zero-order valence-corrected chi connectivity index (χ0v) is 15.9. The molecule has 128 valence electrons. The number of thiophene rings is 2. The summed E-state index contributed by atoms with van der Waals surface area (Å²) in [5.41, 5.74) is -1.26. The Kier molecular flexibility index (Phi) is 4.81. The molecule has 4 nitrogen and oxygen atoms in total. The first-order valence-corrected chi connectivity index (χ1v) is 10.7. The van der Waals surface area contributed by atoms with E-state index in [1.165, 1.54) is 22.7 Å². The minimum atomic E-state index is -3.61. The summed E-state index contributed by atoms with van der Waals surface area (Å²) in [6.07, 6.45) is 0.805. The second-order valence-corrected chi connectivity index (χ2v) is 10.1. The summed E-state index contributed by atoms with van der Waals surface area (Å²) >= 11 is 2.74. The summed E-state index contributed by atoms with van der Waals surface area (Å²) in [4.78, 5) is 1.76. The highest BCUT2D eigenvalue weighted by Crippen LogP contribution is 2.33. The second kappa shape index (κ2) is 6.57. The summed E-state index contributed by atoms with van der Waals surface area (Å²) in [5.74, 6) is 0. The molecular weight excluding hydrogens is 362 g/mol. The third kappa shape index (κ3) is 3.55. The van der Waals surface area contributed by atoms with Crippen molar-refractivity contribution in [2.75, 3.05) is 6.54 Å². The van der Waals surface area contributed by atoms with E-state index in [0.29, 0.717) is 0 Å². The van der Waals surface area contributed by atoms with Gasteiger partial charge in [0.1, 0.15) is 9.81 Å². The van der Waals surface area contributed by atoms with Crippen molar-refractivity contribution in [1.82, 2.24) is 4.72 Å². The fourth-order valence-corrected chi connectivity index (χ4v) is 5.91. The van der Waals surface area contributed by atoms with Crippen molar-refractivity contribution >= 4 is 42.8 Å². The maximum atomic E-state index is 12.4. The molecule has 0 radical (unpaired) electrons. The average molecular weight is 382 g/mol. The van der Waals surface area contributed by atoms with E-state index in [1.807, 2.05) is 43.3 Å². The van der Waals surface area contributed by atoms with Gasteiger partial charge in [0.05, 0.1) is 0 Å². The van der Waals surface area contributed by atoms with Crippen molar-refractivity contribution in [2.45, 2.75) is 30.1 Å². The van der Waals surface area contributed by atoms with Crippen molar-refractivity contribution < 1.29 is 13.5 Å². The molecule has 3 rings (SSSR count). The Balaban J connectivity index is 1.78. The number of fused-ring (bicyclic) bond motifs is 1. The van der Waals surface area contributed by atoms with Gasteiger partial charge in [-0.15, -0.1) is 22.7 Å². The summed E-state index contributed by atoms with van der Waals surface area (Å²) in [7, 11) is -3.61. The van der Waals surface area contributed by atoms with Crippen LogP contribution in [0, 0.1) is 0 Å². The lowest BCUT2D eigenvalue weighted by Crippen LogP contribution is -2.37. The number of aliphatic hydroxyl groups is 1. The topological polar surface area (TPSA) is 66.4 Å². The van der Waals surface area contributed by atoms with Crippen LogP contribution in [0.1, 0.15) is 23.6 Å². The molecule has 0 fully saturated rings. The largest absolute Gasteiger partial charge is 0.383 e. The van der Waals surface area contributed by atoms with Crippen LogP contribution in [-0.2, 0) is 22.0 Å². The maximum absolute atomic E-state index is 12.4. The monoisotopic (exact) mass is 381 g/mol. The fraction of sp³-hybridized carbons (Fsp3) is 0.294. The molecule has 0 saturated heterocycles. The van der Waals surface area contributed by atoms with E-state index in [0.717, 1.165) is 26.3 Å². The predicted octanol–water partition coefficient (Wildman–Crippen LogP) is 3.71. The van der Waals surface area contributed by atoms with E-state index in [1.54, 1.807) is 13.0 Å². The summed E-state index contributed by atoms with van der Waals surface area (Å²) in [6, 6.07) is 13.2. The van der Waals surface area contributed by atoms with Crippen LogP contribution < -0.4 is 4.72 Å². The number of rotatable bonds is 6. The molecule has 2 N–H and O–H groups in total. The predicted molar refractivity (Wildman–Crippen MR) is 100 cm³/mol. The van der Waals surface area contributed by atoms with Crippen LogP contribution in [0.25, 0.3) is 10.1 Å². The standard InChI is InChI=1S/C17H19NO3S3/c1-3-13-8-9-16(22-13)24(20,21)18-11-17(2,19)15-10-12-6-4-5-7-14(12)23-15/h4-10,18-19H,3,11H2,1-2H3. The molecule has 0 saturated carbocycles. The molecule has 0 aliphatic heterocycles. The first kappa shape index (κ1) is 17.6. The van der Waals surface area contributed by atoms with E-state index in [-0.39, 0.29) is 10.8 Å². The number of hydrogen-bond donors (Lipinski definition) is 2. The lowest BCUT2D eigenvalue weighted by Gasteiger charge is -2.22. The smallest absolute Gasteiger partial charge is 0.250 e. The van der Waals surface area contributed by atoms with Crippen LogP contribution >= 0.6 is 22.7 Å². The quantitative estimate of drug-likeness (QED) is 0.684. The van der Waals surface area contributed by atoms with Gasteiger partial charge < -0.3 is 5.11 Å². The summed E-state index contributed by atoms with van der Waals surface area (Å²) in [6.45, 7) is 3.55. The molecule has 2 heterocycles. The van der Waals surface area contributed by atoms with Crippen molar-refractivity contribution in [3.8, 4) is 0 Å². The minimum Gasteiger partial charge on any atom is -0.383 e. The molecule has 0 bridgehead atoms. The highest BCUT2D eigenvalue weighted by atomic mass is 32.2. The molecule has 2 aromatic heterocycles. The Morgan fingerprint density at radius 2 is 1.92 bits per heavy atom. The summed E-state index contributed by atoms with van der Waals surface area (Å²) in [5, 5.41) is 11.8. The second-order valence-electron chi connectivity index (χ2n) is 5.82. The van der Waals surface area contributed by atoms with E-state index < -0.39 is 15.6 Å². The number of nitrogens with one attached hydrogen (secondary N) is 1. The third-order valence-electron chi connectivity index (χ3n) is 3.81. The number of aryl methyl sites for hydroxylation is 1. The van der Waals surface area contributed by atoms with Crippen LogP contribution in [0.15, 0.2) is 46.7 Å². The maximum Gasteiger partial charge on any atom is 0.250 e. The van der Waals surface area contributed by atoms with Gasteiger partial charge in [0.2, 0.25) is 10.0 Å². The molecule has 0 amide bonds. The Labute approximate surface area is 149 Å². The number of hydrogen-bond acceptors (Lipinski definition) is 5. The SMILES string of the molecule is CCc1ccc(S(=O)(=O)NCC(C)(O)c2cc3ccccc3s2)s1. The van der Waals surface area contributed by atoms with Gasteiger partial charge in [-0.3, -0.25) is 0 Å². The molecule has 0 spiro atoms. The van der Waals surface area contributed by atoms with Crippen molar-refractivity contribution in [3.05, 3.63) is 52.2 Å². The molecular formula is C17H19NO3S3. The molecule has 0 aliphatic carbocycles. The van der Waals surface area contributed by atoms with Crippen molar-refractivity contribution in [2.24, 2.45) is 0 Å². The van der Waals surface area contributed by atoms with Crippen LogP contribution in [0.2, 0.25) is 0 Å². The molecule has 0 aliphatic rings. The van der Waals surface area contributed by atoms with Gasteiger partial charge >= 0.3 is 0 Å². The van der Waals surface area contributed by atoms with E-state index in [9.17, 15) is 13.5 Å². The van der Waals surface area contributed by atoms with Crippen LogP contribution in [0.3, 0.4) is 0 Å². The normalized spacial score (nSPS) is 14.8. The van der Waals surface area contributed by atoms with E-state index >= 15 is 0 Å². The molecule has 24 heavy (non-hydrogen) atoms. The van der Waals surface area contributed by atoms with E-state index in [2.05, 4.69) is 4.72 Å². The van der Waals surface area contributed by atoms with Crippen molar-refractivity contribution in [1.29, 1.82) is 0 Å². The Bertz CT molecular complexity index is 921. The zero-order chi connectivity index (χ0) is 17.4. The van der Waals surface area contributed by atoms with Gasteiger partial charge in [-0.05, 0) is 43.0 Å². The highest BCUT2D eigenvalue weighted by molar-refractivity contribution is 7.91. The Morgan fingerprint density at radius 1 is 1.17 bits per heavy atom. The van der Waals surface area contributed by atoms with Crippen LogP contribution in [-0.4, -0.2) is 20.1 Å². The molecule has 1 unspecified atom stereocenters. The zero-order valence-electron chi connectivity index (χ0n) is 13.4. The van der Waals surface area contributed by atoms with Gasteiger partial charge in [0.15, 0.2) is 0 Å². The molecule has 7 heteroatoms. The van der Waals surface area contributed by atoms with Gasteiger partial charge in [0.25, 0.3) is 0 Å². The van der Waals surface area contributed by atoms with Gasteiger partial charge in [-0.1, -0.05) is 25.1 Å². The van der Waals surface area contributed by atoms with Crippen LogP contribution in [0.4, 0.5) is 0 Å². The Morgan fingerprint density at radius 3 is 2.58 bits per heavy atom. The lowest BCUT2D eigenvalue weighted by atomic mass is 10.1. The molecule has 1 atom stereocenters. The fourth-order valence-electron chi connectivity index (χ4n) is 2.33. The summed E-state index contributed by atoms with van der Waals surface area (Å²) < 4.78 is 28.7. The first-order valence-electron chi connectivity index (χ1n) is 7.61. The minimum absolute atomic E-state index is 0.0679. The lowest BCUT2D eigenvalue weighted by molar-refractivity contribution is 0.0667. The average Bonchev–Trinajstić information content (AvgIpc) is 3.20. The Hall–Kier alpha value is -1.25. The van der Waals surface area contributed by atoms with Crippen molar-refractivity contribution in [3.63, 3.8) is 0 Å². The third-order valence-corrected chi connectivity index (χ3v) is 8.30. The number of benzene rings is 1. The van der Waals surface area contributed by atoms with E-state index in [4.69, 9.17) is 0 Å². The molecule has 3 aromatic rings. The van der Waals surface area contributed by atoms with Gasteiger partial charge in [0, 0.05) is 21.0 Å². The van der Waals surface area contributed by atoms with Crippen LogP contribution in [0.5, 0.6) is 0 Å². The van der Waals surface area contributed by atoms with Gasteiger partial charge in [-0.25, -0.2) is 13.1 Å².